The molecule has 174 valence electrons. The van der Waals surface area contributed by atoms with Gasteiger partial charge in [0.1, 0.15) is 0 Å². The Bertz CT molecular complexity index is 281. The SMILES string of the molecule is C/C=C(CC)/C(CCC)=C(/C)C=NC.C=C.CC.CC.CC.CCC.CCC. The predicted octanol–water partition coefficient (Wildman–Crippen LogP) is 10.9. The molecule has 0 N–H and O–H groups in total. The van der Waals surface area contributed by atoms with Gasteiger partial charge >= 0.3 is 0 Å². The quantitative estimate of drug-likeness (QED) is 0.247. The van der Waals surface area contributed by atoms with Crippen LogP contribution < -0.4 is 0 Å². The van der Waals surface area contributed by atoms with Gasteiger partial charge in [-0.3, -0.25) is 4.99 Å². The number of aliphatic imine (C=N–C) groups is 1. The van der Waals surface area contributed by atoms with Crippen LogP contribution in [0.2, 0.25) is 0 Å². The first-order valence-electron chi connectivity index (χ1n) is 11.8. The third-order valence-electron chi connectivity index (χ3n) is 2.42. The van der Waals surface area contributed by atoms with E-state index in [0.717, 1.165) is 12.8 Å². The average Bonchev–Trinajstić information content (AvgIpc) is 2.75. The van der Waals surface area contributed by atoms with E-state index in [0.29, 0.717) is 0 Å². The molecule has 0 aromatic carbocycles. The van der Waals surface area contributed by atoms with Gasteiger partial charge in [-0.1, -0.05) is 108 Å². The lowest BCUT2D eigenvalue weighted by molar-refractivity contribution is 0.885. The largest absolute Gasteiger partial charge is 0.296 e. The first kappa shape index (κ1) is 45.6. The lowest BCUT2D eigenvalue weighted by Gasteiger charge is -2.11. The molecule has 0 atom stereocenters. The van der Waals surface area contributed by atoms with Crippen molar-refractivity contribution in [1.82, 2.24) is 0 Å². The predicted molar refractivity (Wildman–Crippen MR) is 143 cm³/mol. The standard InChI is InChI=1S/C13H23N.2C3H8.3C2H6.C2H4/c1-6-9-13(11(4)10-14-5)12(7-2)8-3;2*1-3-2;4*1-2/h7,10H,6,8-9H2,1-5H3;2*3H2,1-2H3;3*1-2H3;1-2H2/b12-7+,13-11-,14-10?;;;;;;. The van der Waals surface area contributed by atoms with Crippen molar-refractivity contribution in [2.45, 2.75) is 129 Å². The minimum atomic E-state index is 1.11. The molecule has 0 spiro atoms. The summed E-state index contributed by atoms with van der Waals surface area (Å²) in [5.41, 5.74) is 4.25. The van der Waals surface area contributed by atoms with Crippen molar-refractivity contribution in [2.75, 3.05) is 7.05 Å². The minimum absolute atomic E-state index is 1.11. The Balaban J connectivity index is -0.0000000522. The highest BCUT2D eigenvalue weighted by molar-refractivity contribution is 5.80. The van der Waals surface area contributed by atoms with Crippen molar-refractivity contribution in [2.24, 2.45) is 4.99 Å². The van der Waals surface area contributed by atoms with Gasteiger partial charge in [0.05, 0.1) is 0 Å². The molecule has 0 saturated heterocycles. The lowest BCUT2D eigenvalue weighted by atomic mass is 9.95. The van der Waals surface area contributed by atoms with E-state index in [1.54, 1.807) is 0 Å². The maximum Gasteiger partial charge on any atom is 0.0277 e. The van der Waals surface area contributed by atoms with E-state index in [-0.39, 0.29) is 0 Å². The second-order valence-electron chi connectivity index (χ2n) is 4.88. The van der Waals surface area contributed by atoms with Gasteiger partial charge < -0.3 is 0 Å². The Morgan fingerprint density at radius 3 is 1.29 bits per heavy atom. The second-order valence-corrected chi connectivity index (χ2v) is 4.88. The molecular weight excluding hydrogens is 338 g/mol. The van der Waals surface area contributed by atoms with Gasteiger partial charge in [-0.25, -0.2) is 0 Å². The van der Waals surface area contributed by atoms with Gasteiger partial charge in [-0.2, -0.15) is 0 Å². The highest BCUT2D eigenvalue weighted by Gasteiger charge is 2.04. The molecule has 0 unspecified atom stereocenters. The molecule has 0 aliphatic rings. The summed E-state index contributed by atoms with van der Waals surface area (Å²) in [5, 5.41) is 0. The fourth-order valence-electron chi connectivity index (χ4n) is 1.72. The fraction of sp³-hybridized carbons (Fsp3) is 0.741. The molecule has 0 amide bonds. The molecule has 28 heavy (non-hydrogen) atoms. The molecule has 0 bridgehead atoms. The van der Waals surface area contributed by atoms with Crippen molar-refractivity contribution in [1.29, 1.82) is 0 Å². The van der Waals surface area contributed by atoms with Crippen LogP contribution in [0.3, 0.4) is 0 Å². The number of hydrogen-bond acceptors (Lipinski definition) is 1. The van der Waals surface area contributed by atoms with Crippen LogP contribution in [-0.2, 0) is 0 Å². The van der Waals surface area contributed by atoms with E-state index in [1.807, 2.05) is 54.8 Å². The number of allylic oxidation sites excluding steroid dienone is 4. The summed E-state index contributed by atoms with van der Waals surface area (Å²) in [6, 6.07) is 0. The molecule has 0 saturated carbocycles. The molecule has 0 heterocycles. The van der Waals surface area contributed by atoms with E-state index < -0.39 is 0 Å². The Kier molecular flexibility index (Phi) is 103. The van der Waals surface area contributed by atoms with Crippen LogP contribution in [0, 0.1) is 0 Å². The van der Waals surface area contributed by atoms with Crippen LogP contribution >= 0.6 is 0 Å². The van der Waals surface area contributed by atoms with Crippen LogP contribution in [0.5, 0.6) is 0 Å². The molecule has 1 nitrogen and oxygen atoms in total. The third-order valence-corrected chi connectivity index (χ3v) is 2.42. The van der Waals surface area contributed by atoms with Crippen molar-refractivity contribution in [3.05, 3.63) is 36.0 Å². The van der Waals surface area contributed by atoms with Crippen LogP contribution in [0.4, 0.5) is 0 Å². The molecule has 1 heteroatoms. The summed E-state index contributed by atoms with van der Waals surface area (Å²) in [6.45, 7) is 35.2. The highest BCUT2D eigenvalue weighted by atomic mass is 14.6. The topological polar surface area (TPSA) is 12.4 Å². The van der Waals surface area contributed by atoms with Crippen molar-refractivity contribution < 1.29 is 0 Å². The maximum atomic E-state index is 4.08. The second kappa shape index (κ2) is 63.5. The Morgan fingerprint density at radius 1 is 0.786 bits per heavy atom. The van der Waals surface area contributed by atoms with E-state index in [2.05, 4.69) is 79.6 Å². The van der Waals surface area contributed by atoms with E-state index in [9.17, 15) is 0 Å². The average molecular weight is 400 g/mol. The molecule has 0 rings (SSSR count). The monoisotopic (exact) mass is 399 g/mol. The summed E-state index contributed by atoms with van der Waals surface area (Å²) in [4.78, 5) is 4.08. The van der Waals surface area contributed by atoms with Gasteiger partial charge in [0.15, 0.2) is 0 Å². The van der Waals surface area contributed by atoms with E-state index in [4.69, 9.17) is 0 Å². The summed E-state index contributed by atoms with van der Waals surface area (Å²) in [7, 11) is 1.83. The molecule has 0 radical (unpaired) electrons. The van der Waals surface area contributed by atoms with E-state index in [1.165, 1.54) is 36.0 Å². The minimum Gasteiger partial charge on any atom is -0.296 e. The molecule has 0 fully saturated rings. The van der Waals surface area contributed by atoms with E-state index >= 15 is 0 Å². The zero-order valence-electron chi connectivity index (χ0n) is 23.1. The lowest BCUT2D eigenvalue weighted by Crippen LogP contribution is -1.94. The third kappa shape index (κ3) is 49.8. The van der Waals surface area contributed by atoms with Gasteiger partial charge in [0.25, 0.3) is 0 Å². The zero-order valence-corrected chi connectivity index (χ0v) is 23.1. The summed E-state index contributed by atoms with van der Waals surface area (Å²) in [6.07, 6.45) is 10.1. The van der Waals surface area contributed by atoms with Crippen molar-refractivity contribution in [3.8, 4) is 0 Å². The molecule has 0 aromatic rings. The van der Waals surface area contributed by atoms with Gasteiger partial charge in [-0.05, 0) is 43.4 Å². The molecular formula is C27H61N. The van der Waals surface area contributed by atoms with Crippen molar-refractivity contribution in [3.63, 3.8) is 0 Å². The van der Waals surface area contributed by atoms with Gasteiger partial charge in [-0.15, -0.1) is 13.2 Å². The number of rotatable bonds is 5. The summed E-state index contributed by atoms with van der Waals surface area (Å²) in [5.74, 6) is 0. The first-order chi connectivity index (χ1) is 13.5. The van der Waals surface area contributed by atoms with Crippen molar-refractivity contribution >= 4 is 6.21 Å². The maximum absolute atomic E-state index is 4.08. The fourth-order valence-corrected chi connectivity index (χ4v) is 1.72. The Hall–Kier alpha value is -1.11. The summed E-state index contributed by atoms with van der Waals surface area (Å²) >= 11 is 0. The molecule has 0 aliphatic carbocycles. The molecule has 0 aromatic heterocycles. The number of nitrogens with zero attached hydrogens (tertiary/aromatic N) is 1. The Morgan fingerprint density at radius 2 is 1.11 bits per heavy atom. The smallest absolute Gasteiger partial charge is 0.0277 e. The van der Waals surface area contributed by atoms with Gasteiger partial charge in [0.2, 0.25) is 0 Å². The van der Waals surface area contributed by atoms with Crippen LogP contribution in [0.15, 0.2) is 40.9 Å². The van der Waals surface area contributed by atoms with Crippen LogP contribution in [0.25, 0.3) is 0 Å². The first-order valence-corrected chi connectivity index (χ1v) is 11.8. The number of hydrogen-bond donors (Lipinski definition) is 0. The van der Waals surface area contributed by atoms with Gasteiger partial charge in [0, 0.05) is 13.3 Å². The zero-order chi connectivity index (χ0) is 24.4. The Labute approximate surface area is 183 Å². The van der Waals surface area contributed by atoms with Crippen LogP contribution in [-0.4, -0.2) is 13.3 Å². The normalized spacial score (nSPS) is 9.46. The van der Waals surface area contributed by atoms with Crippen LogP contribution in [0.1, 0.15) is 129 Å². The summed E-state index contributed by atoms with van der Waals surface area (Å²) < 4.78 is 0. The highest BCUT2D eigenvalue weighted by Crippen LogP contribution is 2.22. The molecule has 0 aliphatic heterocycles.